The van der Waals surface area contributed by atoms with E-state index < -0.39 is 0 Å². The number of aryl methyl sites for hydroxylation is 1. The normalized spacial score (nSPS) is 10.8. The second-order valence-electron chi connectivity index (χ2n) is 4.84. The SMILES string of the molecule is Cc1ncc(Oc2cc(CN)ncc2C(C)C)c(N)n1. The first-order valence-electron chi connectivity index (χ1n) is 6.47. The van der Waals surface area contributed by atoms with Gasteiger partial charge in [0.1, 0.15) is 11.6 Å². The van der Waals surface area contributed by atoms with Crippen molar-refractivity contribution in [2.75, 3.05) is 5.73 Å². The van der Waals surface area contributed by atoms with Crippen LogP contribution in [0.3, 0.4) is 0 Å². The lowest BCUT2D eigenvalue weighted by molar-refractivity contribution is 0.468. The van der Waals surface area contributed by atoms with Gasteiger partial charge in [-0.05, 0) is 12.8 Å². The number of nitrogen functional groups attached to an aromatic ring is 1. The second-order valence-corrected chi connectivity index (χ2v) is 4.84. The molecule has 20 heavy (non-hydrogen) atoms. The molecule has 2 aromatic rings. The molecule has 0 aliphatic carbocycles. The molecule has 2 rings (SSSR count). The zero-order chi connectivity index (χ0) is 14.7. The molecular formula is C14H19N5O. The Kier molecular flexibility index (Phi) is 4.14. The zero-order valence-corrected chi connectivity index (χ0v) is 11.9. The molecule has 0 radical (unpaired) electrons. The van der Waals surface area contributed by atoms with Crippen LogP contribution in [0, 0.1) is 6.92 Å². The maximum Gasteiger partial charge on any atom is 0.187 e. The monoisotopic (exact) mass is 273 g/mol. The molecule has 0 atom stereocenters. The number of rotatable bonds is 4. The highest BCUT2D eigenvalue weighted by Gasteiger charge is 2.13. The molecule has 6 nitrogen and oxygen atoms in total. The van der Waals surface area contributed by atoms with Gasteiger partial charge in [0.15, 0.2) is 11.6 Å². The number of aromatic nitrogens is 3. The van der Waals surface area contributed by atoms with E-state index in [0.717, 1.165) is 11.3 Å². The van der Waals surface area contributed by atoms with E-state index in [1.165, 1.54) is 0 Å². The van der Waals surface area contributed by atoms with Crippen LogP contribution in [0.15, 0.2) is 18.5 Å². The van der Waals surface area contributed by atoms with Gasteiger partial charge in [0.2, 0.25) is 0 Å². The van der Waals surface area contributed by atoms with Crippen molar-refractivity contribution in [2.45, 2.75) is 33.2 Å². The van der Waals surface area contributed by atoms with E-state index in [2.05, 4.69) is 28.8 Å². The van der Waals surface area contributed by atoms with Crippen LogP contribution in [0.1, 0.15) is 36.8 Å². The van der Waals surface area contributed by atoms with Gasteiger partial charge in [-0.3, -0.25) is 4.98 Å². The molecule has 0 aliphatic heterocycles. The summed E-state index contributed by atoms with van der Waals surface area (Å²) in [7, 11) is 0. The van der Waals surface area contributed by atoms with Crippen LogP contribution in [0.4, 0.5) is 5.82 Å². The van der Waals surface area contributed by atoms with Crippen molar-refractivity contribution in [3.63, 3.8) is 0 Å². The van der Waals surface area contributed by atoms with Gasteiger partial charge >= 0.3 is 0 Å². The van der Waals surface area contributed by atoms with Crippen LogP contribution in [-0.2, 0) is 6.54 Å². The minimum atomic E-state index is 0.275. The summed E-state index contributed by atoms with van der Waals surface area (Å²) < 4.78 is 5.85. The predicted molar refractivity (Wildman–Crippen MR) is 77.5 cm³/mol. The molecule has 0 spiro atoms. The highest BCUT2D eigenvalue weighted by Crippen LogP contribution is 2.32. The lowest BCUT2D eigenvalue weighted by Gasteiger charge is -2.15. The molecule has 0 aromatic carbocycles. The van der Waals surface area contributed by atoms with Gasteiger partial charge in [-0.2, -0.15) is 0 Å². The third kappa shape index (κ3) is 3.03. The van der Waals surface area contributed by atoms with E-state index in [9.17, 15) is 0 Å². The molecule has 0 saturated carbocycles. The number of hydrogen-bond donors (Lipinski definition) is 2. The lowest BCUT2D eigenvalue weighted by Crippen LogP contribution is -2.04. The Morgan fingerprint density at radius 1 is 1.20 bits per heavy atom. The molecular weight excluding hydrogens is 254 g/mol. The molecule has 0 fully saturated rings. The van der Waals surface area contributed by atoms with Crippen molar-refractivity contribution in [2.24, 2.45) is 5.73 Å². The summed E-state index contributed by atoms with van der Waals surface area (Å²) in [5.74, 6) is 2.33. The second kappa shape index (κ2) is 5.83. The number of hydrogen-bond acceptors (Lipinski definition) is 6. The average Bonchev–Trinajstić information content (AvgIpc) is 2.41. The van der Waals surface area contributed by atoms with E-state index in [0.29, 0.717) is 29.7 Å². The maximum absolute atomic E-state index is 5.85. The zero-order valence-electron chi connectivity index (χ0n) is 11.9. The standard InChI is InChI=1S/C14H19N5O/c1-8(2)11-6-18-10(5-15)4-12(11)20-13-7-17-9(3)19-14(13)16/h4,6-8H,5,15H2,1-3H3,(H2,16,17,19). The summed E-state index contributed by atoms with van der Waals surface area (Å²) in [5, 5.41) is 0. The number of ether oxygens (including phenoxy) is 1. The molecule has 2 heterocycles. The first kappa shape index (κ1) is 14.2. The van der Waals surface area contributed by atoms with E-state index in [1.807, 2.05) is 6.07 Å². The van der Waals surface area contributed by atoms with E-state index >= 15 is 0 Å². The Morgan fingerprint density at radius 3 is 2.55 bits per heavy atom. The number of pyridine rings is 1. The highest BCUT2D eigenvalue weighted by atomic mass is 16.5. The van der Waals surface area contributed by atoms with Gasteiger partial charge in [-0.25, -0.2) is 9.97 Å². The Hall–Kier alpha value is -2.21. The first-order valence-corrected chi connectivity index (χ1v) is 6.47. The van der Waals surface area contributed by atoms with Gasteiger partial charge in [0, 0.05) is 24.4 Å². The third-order valence-corrected chi connectivity index (χ3v) is 2.91. The molecule has 4 N–H and O–H groups in total. The van der Waals surface area contributed by atoms with Crippen LogP contribution in [0.5, 0.6) is 11.5 Å². The molecule has 0 amide bonds. The van der Waals surface area contributed by atoms with Crippen molar-refractivity contribution >= 4 is 5.82 Å². The molecule has 2 aromatic heterocycles. The summed E-state index contributed by atoms with van der Waals surface area (Å²) in [6.07, 6.45) is 3.36. The van der Waals surface area contributed by atoms with Crippen molar-refractivity contribution in [1.29, 1.82) is 0 Å². The highest BCUT2D eigenvalue weighted by molar-refractivity contribution is 5.48. The summed E-state index contributed by atoms with van der Waals surface area (Å²) in [6, 6.07) is 1.83. The largest absolute Gasteiger partial charge is 0.451 e. The van der Waals surface area contributed by atoms with Gasteiger partial charge in [-0.1, -0.05) is 13.8 Å². The van der Waals surface area contributed by atoms with Crippen LogP contribution >= 0.6 is 0 Å². The first-order chi connectivity index (χ1) is 9.51. The Morgan fingerprint density at radius 2 is 1.95 bits per heavy atom. The van der Waals surface area contributed by atoms with E-state index in [-0.39, 0.29) is 5.92 Å². The maximum atomic E-state index is 5.85. The van der Waals surface area contributed by atoms with Gasteiger partial charge in [0.25, 0.3) is 0 Å². The minimum Gasteiger partial charge on any atom is -0.451 e. The van der Waals surface area contributed by atoms with Crippen molar-refractivity contribution in [3.05, 3.63) is 35.5 Å². The van der Waals surface area contributed by atoms with E-state index in [1.54, 1.807) is 19.3 Å². The molecule has 0 bridgehead atoms. The van der Waals surface area contributed by atoms with Crippen LogP contribution in [0.2, 0.25) is 0 Å². The van der Waals surface area contributed by atoms with Crippen LogP contribution < -0.4 is 16.2 Å². The molecule has 106 valence electrons. The average molecular weight is 273 g/mol. The van der Waals surface area contributed by atoms with Gasteiger partial charge in [-0.15, -0.1) is 0 Å². The summed E-state index contributed by atoms with van der Waals surface area (Å²) in [6.45, 7) is 6.27. The molecule has 0 aliphatic rings. The fourth-order valence-corrected chi connectivity index (χ4v) is 1.80. The van der Waals surface area contributed by atoms with Crippen molar-refractivity contribution < 1.29 is 4.74 Å². The number of anilines is 1. The summed E-state index contributed by atoms with van der Waals surface area (Å²) >= 11 is 0. The van der Waals surface area contributed by atoms with Gasteiger partial charge in [0.05, 0.1) is 11.9 Å². The lowest BCUT2D eigenvalue weighted by atomic mass is 10.0. The Bertz CT molecular complexity index is 613. The number of nitrogens with zero attached hydrogens (tertiary/aromatic N) is 3. The fraction of sp³-hybridized carbons (Fsp3) is 0.357. The summed E-state index contributed by atoms with van der Waals surface area (Å²) in [4.78, 5) is 12.5. The minimum absolute atomic E-state index is 0.275. The van der Waals surface area contributed by atoms with E-state index in [4.69, 9.17) is 16.2 Å². The molecule has 0 unspecified atom stereocenters. The summed E-state index contributed by atoms with van der Waals surface area (Å²) in [5.41, 5.74) is 13.2. The predicted octanol–water partition coefficient (Wildman–Crippen LogP) is 2.14. The van der Waals surface area contributed by atoms with Crippen LogP contribution in [-0.4, -0.2) is 15.0 Å². The fourth-order valence-electron chi connectivity index (χ4n) is 1.80. The quantitative estimate of drug-likeness (QED) is 0.885. The van der Waals surface area contributed by atoms with Gasteiger partial charge < -0.3 is 16.2 Å². The topological polar surface area (TPSA) is 99.9 Å². The van der Waals surface area contributed by atoms with Crippen molar-refractivity contribution in [3.8, 4) is 11.5 Å². The van der Waals surface area contributed by atoms with Crippen LogP contribution in [0.25, 0.3) is 0 Å². The Labute approximate surface area is 118 Å². The Balaban J connectivity index is 2.40. The third-order valence-electron chi connectivity index (χ3n) is 2.91. The van der Waals surface area contributed by atoms with Crippen molar-refractivity contribution in [1.82, 2.24) is 15.0 Å². The molecule has 0 saturated heterocycles. The molecule has 6 heteroatoms. The smallest absolute Gasteiger partial charge is 0.187 e. The number of nitrogens with two attached hydrogens (primary N) is 2.